The Balaban J connectivity index is 1.88. The van der Waals surface area contributed by atoms with Gasteiger partial charge in [0.15, 0.2) is 0 Å². The molecule has 0 unspecified atom stereocenters. The highest BCUT2D eigenvalue weighted by Crippen LogP contribution is 2.28. The van der Waals surface area contributed by atoms with Gasteiger partial charge in [-0.05, 0) is 41.5 Å². The molecule has 0 atom stereocenters. The summed E-state index contributed by atoms with van der Waals surface area (Å²) in [4.78, 5) is 17.0. The molecule has 0 radical (unpaired) electrons. The molecule has 0 aliphatic heterocycles. The van der Waals surface area contributed by atoms with Crippen LogP contribution in [0.3, 0.4) is 0 Å². The highest BCUT2D eigenvalue weighted by Gasteiger charge is 2.12. The van der Waals surface area contributed by atoms with Crippen molar-refractivity contribution in [2.75, 3.05) is 5.84 Å². The number of benzene rings is 2. The zero-order chi connectivity index (χ0) is 16.0. The van der Waals surface area contributed by atoms with E-state index in [1.165, 1.54) is 20.3 Å². The quantitative estimate of drug-likeness (QED) is 0.577. The Bertz CT molecular complexity index is 1090. The van der Waals surface area contributed by atoms with Crippen LogP contribution in [0, 0.1) is 6.92 Å². The smallest absolute Gasteiger partial charge is 0.279 e. The van der Waals surface area contributed by atoms with Crippen molar-refractivity contribution < 1.29 is 0 Å². The number of nitrogens with two attached hydrogens (primary N) is 1. The molecule has 0 spiro atoms. The molecule has 2 N–H and O–H groups in total. The number of fused-ring (bicyclic) bond motifs is 2. The summed E-state index contributed by atoms with van der Waals surface area (Å²) in [6.07, 6.45) is 0.542. The molecule has 0 saturated heterocycles. The number of thiophene rings is 1. The minimum Gasteiger partial charge on any atom is -0.335 e. The molecule has 2 heterocycles. The number of para-hydroxylation sites is 1. The van der Waals surface area contributed by atoms with E-state index in [-0.39, 0.29) is 5.56 Å². The maximum atomic E-state index is 12.4. The highest BCUT2D eigenvalue weighted by atomic mass is 32.1. The van der Waals surface area contributed by atoms with E-state index in [1.54, 1.807) is 17.4 Å². The molecular formula is C18H15N3OS. The van der Waals surface area contributed by atoms with E-state index < -0.39 is 0 Å². The van der Waals surface area contributed by atoms with Gasteiger partial charge in [0.05, 0.1) is 10.9 Å². The van der Waals surface area contributed by atoms with E-state index in [0.29, 0.717) is 23.1 Å². The number of aryl methyl sites for hydroxylation is 1. The van der Waals surface area contributed by atoms with E-state index in [0.717, 1.165) is 5.56 Å². The van der Waals surface area contributed by atoms with Crippen LogP contribution in [0.4, 0.5) is 0 Å². The van der Waals surface area contributed by atoms with Crippen molar-refractivity contribution in [3.8, 4) is 0 Å². The van der Waals surface area contributed by atoms with Crippen LogP contribution >= 0.6 is 11.3 Å². The molecule has 23 heavy (non-hydrogen) atoms. The van der Waals surface area contributed by atoms with Crippen LogP contribution in [0.2, 0.25) is 0 Å². The summed E-state index contributed by atoms with van der Waals surface area (Å²) < 4.78 is 2.40. The maximum absolute atomic E-state index is 12.4. The first-order chi connectivity index (χ1) is 11.1. The van der Waals surface area contributed by atoms with E-state index >= 15 is 0 Å². The van der Waals surface area contributed by atoms with Gasteiger partial charge in [-0.15, -0.1) is 11.3 Å². The largest absolute Gasteiger partial charge is 0.335 e. The average molecular weight is 321 g/mol. The highest BCUT2D eigenvalue weighted by molar-refractivity contribution is 7.17. The Morgan fingerprint density at radius 1 is 1.17 bits per heavy atom. The standard InChI is InChI=1S/C18H15N3OS/c1-11-6-7-16-14(8-11)12(10-23-16)9-17-20-15-5-3-2-4-13(15)18(22)21(17)19/h2-8,10H,9,19H2,1H3. The first-order valence-corrected chi connectivity index (χ1v) is 8.24. The number of aromatic nitrogens is 2. The minimum absolute atomic E-state index is 0.207. The molecule has 114 valence electrons. The van der Waals surface area contributed by atoms with Gasteiger partial charge in [-0.2, -0.15) is 0 Å². The fraction of sp³-hybridized carbons (Fsp3) is 0.111. The second kappa shape index (κ2) is 5.21. The molecule has 0 saturated carbocycles. The molecule has 0 aliphatic rings. The van der Waals surface area contributed by atoms with Crippen LogP contribution < -0.4 is 11.4 Å². The normalized spacial score (nSPS) is 11.3. The minimum atomic E-state index is -0.207. The zero-order valence-electron chi connectivity index (χ0n) is 12.6. The Morgan fingerprint density at radius 3 is 2.87 bits per heavy atom. The lowest BCUT2D eigenvalue weighted by molar-refractivity contribution is 0.817. The number of hydrogen-bond acceptors (Lipinski definition) is 4. The molecule has 4 rings (SSSR count). The Hall–Kier alpha value is -2.66. The van der Waals surface area contributed by atoms with Crippen LogP contribution in [0.1, 0.15) is 17.0 Å². The zero-order valence-corrected chi connectivity index (χ0v) is 13.4. The van der Waals surface area contributed by atoms with Crippen molar-refractivity contribution in [3.63, 3.8) is 0 Å². The lowest BCUT2D eigenvalue weighted by atomic mass is 10.1. The van der Waals surface area contributed by atoms with Crippen molar-refractivity contribution in [3.05, 3.63) is 75.1 Å². The number of hydrogen-bond donors (Lipinski definition) is 1. The van der Waals surface area contributed by atoms with Crippen LogP contribution in [-0.2, 0) is 6.42 Å². The van der Waals surface area contributed by atoms with Gasteiger partial charge in [0.2, 0.25) is 0 Å². The molecule has 0 aliphatic carbocycles. The van der Waals surface area contributed by atoms with Crippen molar-refractivity contribution in [2.24, 2.45) is 0 Å². The SMILES string of the molecule is Cc1ccc2scc(Cc3nc4ccccc4c(=O)n3N)c2c1. The van der Waals surface area contributed by atoms with Crippen LogP contribution in [0.5, 0.6) is 0 Å². The third-order valence-corrected chi connectivity index (χ3v) is 5.05. The second-order valence-electron chi connectivity index (χ2n) is 5.66. The Labute approximate surface area is 136 Å². The van der Waals surface area contributed by atoms with Crippen molar-refractivity contribution in [1.29, 1.82) is 0 Å². The summed E-state index contributed by atoms with van der Waals surface area (Å²) in [7, 11) is 0. The third kappa shape index (κ3) is 2.29. The van der Waals surface area contributed by atoms with Gasteiger partial charge in [0.1, 0.15) is 5.82 Å². The van der Waals surface area contributed by atoms with Crippen molar-refractivity contribution >= 4 is 32.3 Å². The van der Waals surface area contributed by atoms with Gasteiger partial charge in [0.25, 0.3) is 5.56 Å². The predicted molar refractivity (Wildman–Crippen MR) is 95.5 cm³/mol. The van der Waals surface area contributed by atoms with Gasteiger partial charge in [-0.25, -0.2) is 9.66 Å². The van der Waals surface area contributed by atoms with Crippen LogP contribution in [-0.4, -0.2) is 9.66 Å². The molecule has 4 nitrogen and oxygen atoms in total. The number of nitrogen functional groups attached to an aromatic ring is 1. The van der Waals surface area contributed by atoms with Gasteiger partial charge >= 0.3 is 0 Å². The summed E-state index contributed by atoms with van der Waals surface area (Å²) in [6.45, 7) is 2.08. The van der Waals surface area contributed by atoms with Crippen molar-refractivity contribution in [2.45, 2.75) is 13.3 Å². The Morgan fingerprint density at radius 2 is 2.00 bits per heavy atom. The maximum Gasteiger partial charge on any atom is 0.279 e. The molecule has 0 bridgehead atoms. The summed E-state index contributed by atoms with van der Waals surface area (Å²) in [5.41, 5.74) is 2.84. The van der Waals surface area contributed by atoms with Crippen LogP contribution in [0.15, 0.2) is 52.6 Å². The lowest BCUT2D eigenvalue weighted by Gasteiger charge is -2.08. The molecule has 5 heteroatoms. The van der Waals surface area contributed by atoms with E-state index in [4.69, 9.17) is 5.84 Å². The van der Waals surface area contributed by atoms with E-state index in [2.05, 4.69) is 35.5 Å². The van der Waals surface area contributed by atoms with Crippen LogP contribution in [0.25, 0.3) is 21.0 Å². The first-order valence-electron chi connectivity index (χ1n) is 7.36. The summed E-state index contributed by atoms with van der Waals surface area (Å²) in [5, 5.41) is 3.87. The third-order valence-electron chi connectivity index (χ3n) is 4.04. The van der Waals surface area contributed by atoms with Gasteiger partial charge < -0.3 is 5.84 Å². The lowest BCUT2D eigenvalue weighted by Crippen LogP contribution is -2.31. The fourth-order valence-corrected chi connectivity index (χ4v) is 3.76. The molecule has 2 aromatic heterocycles. The second-order valence-corrected chi connectivity index (χ2v) is 6.57. The number of nitrogens with zero attached hydrogens (tertiary/aromatic N) is 2. The molecule has 4 aromatic rings. The monoisotopic (exact) mass is 321 g/mol. The topological polar surface area (TPSA) is 60.9 Å². The van der Waals surface area contributed by atoms with E-state index in [1.807, 2.05) is 18.2 Å². The Kier molecular flexibility index (Phi) is 3.16. The molecule has 0 fully saturated rings. The van der Waals surface area contributed by atoms with Crippen molar-refractivity contribution in [1.82, 2.24) is 9.66 Å². The van der Waals surface area contributed by atoms with Gasteiger partial charge in [-0.1, -0.05) is 29.8 Å². The van der Waals surface area contributed by atoms with Gasteiger partial charge in [-0.3, -0.25) is 4.79 Å². The summed E-state index contributed by atoms with van der Waals surface area (Å²) >= 11 is 1.70. The predicted octanol–water partition coefficient (Wildman–Crippen LogP) is 3.22. The fourth-order valence-electron chi connectivity index (χ4n) is 2.82. The molecule has 0 amide bonds. The summed E-state index contributed by atoms with van der Waals surface area (Å²) in [6, 6.07) is 13.7. The summed E-state index contributed by atoms with van der Waals surface area (Å²) in [5.74, 6) is 6.56. The van der Waals surface area contributed by atoms with E-state index in [9.17, 15) is 4.79 Å². The van der Waals surface area contributed by atoms with Gasteiger partial charge in [0, 0.05) is 11.1 Å². The number of rotatable bonds is 2. The molecular weight excluding hydrogens is 306 g/mol. The molecule has 2 aromatic carbocycles. The average Bonchev–Trinajstić information content (AvgIpc) is 2.94. The first kappa shape index (κ1) is 14.0.